The molecule has 2 fully saturated rings. The van der Waals surface area contributed by atoms with E-state index < -0.39 is 11.7 Å². The number of rotatable bonds is 9. The molecule has 1 amide bonds. The molecule has 0 bridgehead atoms. The topological polar surface area (TPSA) is 73.8 Å². The summed E-state index contributed by atoms with van der Waals surface area (Å²) in [5.74, 6) is 1.19. The SMILES string of the molecule is O=C(NCCN1CCOCC1)c1ccc(CSc2nc(Cl)cc(N3CCN(c4cccc(C(F)(F)F)c4)CC3)n2)cc1. The lowest BCUT2D eigenvalue weighted by molar-refractivity contribution is -0.137. The lowest BCUT2D eigenvalue weighted by atomic mass is 10.1. The maximum Gasteiger partial charge on any atom is 0.416 e. The Balaban J connectivity index is 1.11. The molecule has 1 N–H and O–H groups in total. The first-order valence-electron chi connectivity index (χ1n) is 13.8. The molecule has 8 nitrogen and oxygen atoms in total. The van der Waals surface area contributed by atoms with E-state index in [4.69, 9.17) is 16.3 Å². The highest BCUT2D eigenvalue weighted by atomic mass is 35.5. The van der Waals surface area contributed by atoms with E-state index >= 15 is 0 Å². The molecule has 0 saturated carbocycles. The van der Waals surface area contributed by atoms with Crippen LogP contribution in [0.5, 0.6) is 0 Å². The van der Waals surface area contributed by atoms with Gasteiger partial charge in [-0.1, -0.05) is 41.6 Å². The van der Waals surface area contributed by atoms with Gasteiger partial charge in [0.2, 0.25) is 0 Å². The fraction of sp³-hybridized carbons (Fsp3) is 0.414. The van der Waals surface area contributed by atoms with Crippen molar-refractivity contribution in [1.29, 1.82) is 0 Å². The Morgan fingerprint density at radius 1 is 0.952 bits per heavy atom. The van der Waals surface area contributed by atoms with Gasteiger partial charge in [-0.3, -0.25) is 9.69 Å². The van der Waals surface area contributed by atoms with Gasteiger partial charge in [-0.05, 0) is 35.9 Å². The van der Waals surface area contributed by atoms with E-state index in [2.05, 4.69) is 25.1 Å². The molecule has 224 valence electrons. The van der Waals surface area contributed by atoms with Gasteiger partial charge in [0.1, 0.15) is 11.0 Å². The van der Waals surface area contributed by atoms with Crippen LogP contribution in [-0.2, 0) is 16.7 Å². The predicted octanol–water partition coefficient (Wildman–Crippen LogP) is 4.83. The van der Waals surface area contributed by atoms with Crippen molar-refractivity contribution in [3.05, 3.63) is 76.4 Å². The molecule has 0 spiro atoms. The average Bonchev–Trinajstić information content (AvgIpc) is 3.00. The molecule has 2 aliphatic heterocycles. The summed E-state index contributed by atoms with van der Waals surface area (Å²) in [6.45, 7) is 6.92. The van der Waals surface area contributed by atoms with E-state index in [1.165, 1.54) is 23.9 Å². The monoisotopic (exact) mass is 620 g/mol. The second kappa shape index (κ2) is 13.9. The molecule has 0 atom stereocenters. The summed E-state index contributed by atoms with van der Waals surface area (Å²) in [5, 5.41) is 3.83. The van der Waals surface area contributed by atoms with Crippen LogP contribution in [0.3, 0.4) is 0 Å². The van der Waals surface area contributed by atoms with E-state index in [9.17, 15) is 18.0 Å². The van der Waals surface area contributed by atoms with E-state index in [0.29, 0.717) is 65.9 Å². The average molecular weight is 621 g/mol. The molecule has 0 unspecified atom stereocenters. The van der Waals surface area contributed by atoms with Crippen LogP contribution < -0.4 is 15.1 Å². The summed E-state index contributed by atoms with van der Waals surface area (Å²) in [4.78, 5) is 27.8. The van der Waals surface area contributed by atoms with Crippen molar-refractivity contribution in [2.75, 3.05) is 75.4 Å². The van der Waals surface area contributed by atoms with Gasteiger partial charge in [-0.2, -0.15) is 13.2 Å². The predicted molar refractivity (Wildman–Crippen MR) is 159 cm³/mol. The van der Waals surface area contributed by atoms with Crippen LogP contribution in [0.25, 0.3) is 0 Å². The number of alkyl halides is 3. The highest BCUT2D eigenvalue weighted by Crippen LogP contribution is 2.32. The number of anilines is 2. The minimum atomic E-state index is -4.37. The number of morpholine rings is 1. The molecule has 13 heteroatoms. The first-order valence-corrected chi connectivity index (χ1v) is 15.1. The largest absolute Gasteiger partial charge is 0.416 e. The van der Waals surface area contributed by atoms with Crippen molar-refractivity contribution in [2.45, 2.75) is 17.1 Å². The van der Waals surface area contributed by atoms with E-state index in [1.54, 1.807) is 12.1 Å². The lowest BCUT2D eigenvalue weighted by Crippen LogP contribution is -2.47. The van der Waals surface area contributed by atoms with Crippen molar-refractivity contribution < 1.29 is 22.7 Å². The number of amides is 1. The first-order chi connectivity index (χ1) is 20.2. The van der Waals surface area contributed by atoms with Crippen molar-refractivity contribution >= 4 is 40.8 Å². The Morgan fingerprint density at radius 2 is 1.67 bits per heavy atom. The zero-order chi connectivity index (χ0) is 29.5. The Bertz CT molecular complexity index is 1350. The molecule has 5 rings (SSSR count). The molecule has 0 radical (unpaired) electrons. The van der Waals surface area contributed by atoms with E-state index in [1.807, 2.05) is 29.2 Å². The number of carbonyl (C=O) groups is 1. The normalized spacial score (nSPS) is 16.5. The quantitative estimate of drug-likeness (QED) is 0.207. The van der Waals surface area contributed by atoms with Gasteiger partial charge in [0.25, 0.3) is 5.91 Å². The number of piperazine rings is 1. The second-order valence-electron chi connectivity index (χ2n) is 10.0. The number of halogens is 4. The second-order valence-corrected chi connectivity index (χ2v) is 11.4. The van der Waals surface area contributed by atoms with Gasteiger partial charge >= 0.3 is 6.18 Å². The number of nitrogens with zero attached hydrogens (tertiary/aromatic N) is 5. The van der Waals surface area contributed by atoms with Crippen LogP contribution in [0, 0.1) is 0 Å². The highest BCUT2D eigenvalue weighted by Gasteiger charge is 2.31. The third kappa shape index (κ3) is 8.27. The molecular weight excluding hydrogens is 589 g/mol. The number of benzene rings is 2. The van der Waals surface area contributed by atoms with E-state index in [-0.39, 0.29) is 5.91 Å². The summed E-state index contributed by atoms with van der Waals surface area (Å²) >= 11 is 7.77. The van der Waals surface area contributed by atoms with Crippen molar-refractivity contribution in [2.24, 2.45) is 0 Å². The zero-order valence-corrected chi connectivity index (χ0v) is 24.5. The minimum Gasteiger partial charge on any atom is -0.379 e. The van der Waals surface area contributed by atoms with Gasteiger partial charge in [-0.25, -0.2) is 9.97 Å². The van der Waals surface area contributed by atoms with Gasteiger partial charge in [0.15, 0.2) is 5.16 Å². The summed E-state index contributed by atoms with van der Waals surface area (Å²) in [5.41, 5.74) is 1.53. The number of hydrogen-bond acceptors (Lipinski definition) is 8. The van der Waals surface area contributed by atoms with Crippen molar-refractivity contribution in [3.63, 3.8) is 0 Å². The summed E-state index contributed by atoms with van der Waals surface area (Å²) in [6, 6.07) is 14.6. The Labute approximate surface area is 252 Å². The van der Waals surface area contributed by atoms with Gasteiger partial charge < -0.3 is 19.9 Å². The molecule has 3 aromatic rings. The number of nitrogens with one attached hydrogen (secondary N) is 1. The molecule has 2 saturated heterocycles. The number of thioether (sulfide) groups is 1. The molecule has 0 aliphatic carbocycles. The third-order valence-electron chi connectivity index (χ3n) is 7.20. The van der Waals surface area contributed by atoms with Crippen LogP contribution >= 0.6 is 23.4 Å². The van der Waals surface area contributed by atoms with Gasteiger partial charge in [0.05, 0.1) is 18.8 Å². The van der Waals surface area contributed by atoms with Crippen molar-refractivity contribution in [3.8, 4) is 0 Å². The van der Waals surface area contributed by atoms with Crippen LogP contribution in [0.15, 0.2) is 59.8 Å². The number of hydrogen-bond donors (Lipinski definition) is 1. The minimum absolute atomic E-state index is 0.0987. The molecular formula is C29H32ClF3N6O2S. The van der Waals surface area contributed by atoms with Crippen molar-refractivity contribution in [1.82, 2.24) is 20.2 Å². The Morgan fingerprint density at radius 3 is 2.38 bits per heavy atom. The van der Waals surface area contributed by atoms with Crippen LogP contribution in [0.2, 0.25) is 5.15 Å². The molecule has 2 aromatic carbocycles. The lowest BCUT2D eigenvalue weighted by Gasteiger charge is -2.37. The standard InChI is InChI=1S/C29H32ClF3N6O2S/c30-25-19-26(39-12-10-38(11-13-39)24-3-1-2-23(18-24)29(31,32)33)36-28(35-25)42-20-21-4-6-22(7-5-21)27(40)34-8-9-37-14-16-41-17-15-37/h1-7,18-19H,8-17,20H2,(H,34,40). The summed E-state index contributed by atoms with van der Waals surface area (Å²) in [7, 11) is 0. The molecule has 42 heavy (non-hydrogen) atoms. The van der Waals surface area contributed by atoms with Crippen LogP contribution in [0.1, 0.15) is 21.5 Å². The van der Waals surface area contributed by atoms with E-state index in [0.717, 1.165) is 44.5 Å². The smallest absolute Gasteiger partial charge is 0.379 e. The maximum atomic E-state index is 13.1. The Hall–Kier alpha value is -3.06. The number of aromatic nitrogens is 2. The fourth-order valence-corrected chi connectivity index (χ4v) is 5.88. The molecule has 2 aliphatic rings. The number of carbonyl (C=O) groups excluding carboxylic acids is 1. The van der Waals surface area contributed by atoms with Gasteiger partial charge in [0, 0.05) is 75.4 Å². The summed E-state index contributed by atoms with van der Waals surface area (Å²) < 4.78 is 44.8. The summed E-state index contributed by atoms with van der Waals surface area (Å²) in [6.07, 6.45) is -4.37. The van der Waals surface area contributed by atoms with Crippen LogP contribution in [-0.4, -0.2) is 86.3 Å². The Kier molecular flexibility index (Phi) is 10.1. The molecule has 1 aromatic heterocycles. The number of ether oxygens (including phenoxy) is 1. The maximum absolute atomic E-state index is 13.1. The molecule has 3 heterocycles. The zero-order valence-electron chi connectivity index (χ0n) is 22.9. The highest BCUT2D eigenvalue weighted by molar-refractivity contribution is 7.98. The first kappa shape index (κ1) is 30.4. The fourth-order valence-electron chi connectivity index (χ4n) is 4.84. The van der Waals surface area contributed by atoms with Gasteiger partial charge in [-0.15, -0.1) is 0 Å². The third-order valence-corrected chi connectivity index (χ3v) is 8.32. The van der Waals surface area contributed by atoms with Crippen LogP contribution in [0.4, 0.5) is 24.7 Å².